The van der Waals surface area contributed by atoms with Gasteiger partial charge in [0.25, 0.3) is 0 Å². The Morgan fingerprint density at radius 3 is 2.92 bits per heavy atom. The molecule has 2 rings (SSSR count). The van der Waals surface area contributed by atoms with Crippen LogP contribution in [-0.2, 0) is 5.88 Å². The number of fused-ring (bicyclic) bond motifs is 1. The minimum atomic E-state index is 0.278. The molecule has 0 saturated heterocycles. The zero-order valence-corrected chi connectivity index (χ0v) is 8.45. The summed E-state index contributed by atoms with van der Waals surface area (Å²) in [6.45, 7) is 1.94. The predicted octanol–water partition coefficient (Wildman–Crippen LogP) is 2.66. The Bertz CT molecular complexity index is 450. The lowest BCUT2D eigenvalue weighted by molar-refractivity contribution is 1.06. The molecule has 0 amide bonds. The van der Waals surface area contributed by atoms with Crippen molar-refractivity contribution in [1.82, 2.24) is 15.0 Å². The summed E-state index contributed by atoms with van der Waals surface area (Å²) in [6.07, 6.45) is 0. The number of rotatable bonds is 1. The van der Waals surface area contributed by atoms with Crippen molar-refractivity contribution in [3.8, 4) is 0 Å². The number of aromatic nitrogens is 3. The van der Waals surface area contributed by atoms with Crippen LogP contribution in [0, 0.1) is 6.92 Å². The third-order valence-electron chi connectivity index (χ3n) is 1.73. The van der Waals surface area contributed by atoms with Crippen molar-refractivity contribution in [3.63, 3.8) is 0 Å². The van der Waals surface area contributed by atoms with Crippen LogP contribution in [0.15, 0.2) is 6.07 Å². The predicted molar refractivity (Wildman–Crippen MR) is 53.2 cm³/mol. The molecule has 1 N–H and O–H groups in total. The van der Waals surface area contributed by atoms with Gasteiger partial charge in [0.1, 0.15) is 11.3 Å². The van der Waals surface area contributed by atoms with E-state index < -0.39 is 0 Å². The number of alkyl halides is 1. The van der Waals surface area contributed by atoms with Crippen molar-refractivity contribution >= 4 is 34.2 Å². The fourth-order valence-corrected chi connectivity index (χ4v) is 1.57. The molecule has 0 spiro atoms. The van der Waals surface area contributed by atoms with E-state index in [2.05, 4.69) is 15.0 Å². The van der Waals surface area contributed by atoms with Crippen molar-refractivity contribution in [1.29, 1.82) is 0 Å². The molecule has 0 unspecified atom stereocenters. The molecule has 0 aliphatic carbocycles. The first-order valence-corrected chi connectivity index (χ1v) is 4.69. The number of nitrogens with zero attached hydrogens (tertiary/aromatic N) is 2. The fourth-order valence-electron chi connectivity index (χ4n) is 1.21. The second-order valence-corrected chi connectivity index (χ2v) is 3.40. The SMILES string of the molecule is Cc1cc2nc(CCl)nc(Cl)c2[nH]1. The molecule has 2 aromatic rings. The highest BCUT2D eigenvalue weighted by Gasteiger charge is 2.06. The van der Waals surface area contributed by atoms with Crippen molar-refractivity contribution in [2.75, 3.05) is 0 Å². The summed E-state index contributed by atoms with van der Waals surface area (Å²) in [5, 5.41) is 0.425. The van der Waals surface area contributed by atoms with Crippen molar-refractivity contribution in [2.45, 2.75) is 12.8 Å². The molecule has 0 aromatic carbocycles. The molecular weight excluding hydrogens is 209 g/mol. The molecule has 0 bridgehead atoms. The largest absolute Gasteiger partial charge is 0.355 e. The maximum absolute atomic E-state index is 5.91. The third kappa shape index (κ3) is 1.49. The third-order valence-corrected chi connectivity index (χ3v) is 2.25. The Kier molecular flexibility index (Phi) is 2.14. The van der Waals surface area contributed by atoms with Gasteiger partial charge in [-0.3, -0.25) is 0 Å². The molecule has 0 radical (unpaired) electrons. The standard InChI is InChI=1S/C8H7Cl2N3/c1-4-2-5-7(11-4)8(10)13-6(3-9)12-5/h2,11H,3H2,1H3. The number of hydrogen-bond donors (Lipinski definition) is 1. The molecule has 13 heavy (non-hydrogen) atoms. The average Bonchev–Trinajstić information content (AvgIpc) is 2.46. The topological polar surface area (TPSA) is 41.6 Å². The Morgan fingerprint density at radius 1 is 1.46 bits per heavy atom. The van der Waals surface area contributed by atoms with E-state index >= 15 is 0 Å². The highest BCUT2D eigenvalue weighted by Crippen LogP contribution is 2.20. The average molecular weight is 216 g/mol. The lowest BCUT2D eigenvalue weighted by Gasteiger charge is -1.96. The smallest absolute Gasteiger partial charge is 0.156 e. The van der Waals surface area contributed by atoms with Gasteiger partial charge < -0.3 is 4.98 Å². The van der Waals surface area contributed by atoms with Crippen LogP contribution in [-0.4, -0.2) is 15.0 Å². The molecule has 0 atom stereocenters. The Morgan fingerprint density at radius 2 is 2.23 bits per heavy atom. The number of halogens is 2. The first-order chi connectivity index (χ1) is 6.20. The van der Waals surface area contributed by atoms with Gasteiger partial charge >= 0.3 is 0 Å². The van der Waals surface area contributed by atoms with E-state index in [0.29, 0.717) is 11.0 Å². The van der Waals surface area contributed by atoms with Crippen molar-refractivity contribution in [3.05, 3.63) is 22.7 Å². The van der Waals surface area contributed by atoms with Crippen LogP contribution in [0.25, 0.3) is 11.0 Å². The number of nitrogens with one attached hydrogen (secondary N) is 1. The Balaban J connectivity index is 2.75. The summed E-state index contributed by atoms with van der Waals surface area (Å²) in [5.41, 5.74) is 2.60. The second-order valence-electron chi connectivity index (χ2n) is 2.78. The minimum Gasteiger partial charge on any atom is -0.355 e. The van der Waals surface area contributed by atoms with Gasteiger partial charge in [-0.15, -0.1) is 11.6 Å². The van der Waals surface area contributed by atoms with Crippen LogP contribution < -0.4 is 0 Å². The first-order valence-electron chi connectivity index (χ1n) is 3.78. The van der Waals surface area contributed by atoms with Crippen LogP contribution >= 0.6 is 23.2 Å². The van der Waals surface area contributed by atoms with Crippen LogP contribution in [0.5, 0.6) is 0 Å². The highest BCUT2D eigenvalue weighted by molar-refractivity contribution is 6.33. The van der Waals surface area contributed by atoms with Crippen LogP contribution in [0.4, 0.5) is 0 Å². The molecule has 0 saturated carbocycles. The Labute approximate surface area is 85.1 Å². The lowest BCUT2D eigenvalue weighted by Crippen LogP contribution is -1.91. The molecule has 0 aliphatic rings. The normalized spacial score (nSPS) is 11.0. The second kappa shape index (κ2) is 3.16. The molecule has 2 heterocycles. The number of H-pyrrole nitrogens is 1. The fraction of sp³-hybridized carbons (Fsp3) is 0.250. The zero-order chi connectivity index (χ0) is 9.42. The maximum atomic E-state index is 5.91. The number of aromatic amines is 1. The minimum absolute atomic E-state index is 0.278. The molecule has 0 aliphatic heterocycles. The highest BCUT2D eigenvalue weighted by atomic mass is 35.5. The summed E-state index contributed by atoms with van der Waals surface area (Å²) < 4.78 is 0. The molecule has 0 fully saturated rings. The zero-order valence-electron chi connectivity index (χ0n) is 6.93. The van der Waals surface area contributed by atoms with Crippen LogP contribution in [0.3, 0.4) is 0 Å². The molecule has 2 aromatic heterocycles. The summed E-state index contributed by atoms with van der Waals surface area (Å²) in [6, 6.07) is 1.92. The van der Waals surface area contributed by atoms with Gasteiger partial charge in [0, 0.05) is 5.69 Å². The van der Waals surface area contributed by atoms with E-state index in [1.54, 1.807) is 0 Å². The maximum Gasteiger partial charge on any atom is 0.156 e. The first kappa shape index (κ1) is 8.78. The van der Waals surface area contributed by atoms with E-state index in [4.69, 9.17) is 23.2 Å². The van der Waals surface area contributed by atoms with Gasteiger partial charge in [-0.25, -0.2) is 9.97 Å². The van der Waals surface area contributed by atoms with Gasteiger partial charge in [-0.2, -0.15) is 0 Å². The van der Waals surface area contributed by atoms with Crippen molar-refractivity contribution in [2.24, 2.45) is 0 Å². The summed E-state index contributed by atoms with van der Waals surface area (Å²) in [5.74, 6) is 0.832. The van der Waals surface area contributed by atoms with Gasteiger partial charge in [0.2, 0.25) is 0 Å². The van der Waals surface area contributed by atoms with E-state index in [1.165, 1.54) is 0 Å². The van der Waals surface area contributed by atoms with E-state index in [9.17, 15) is 0 Å². The summed E-state index contributed by atoms with van der Waals surface area (Å²) >= 11 is 11.5. The summed E-state index contributed by atoms with van der Waals surface area (Å²) in [4.78, 5) is 11.3. The number of hydrogen-bond acceptors (Lipinski definition) is 2. The molecular formula is C8H7Cl2N3. The quantitative estimate of drug-likeness (QED) is 0.588. The molecule has 5 heteroatoms. The van der Waals surface area contributed by atoms with Gasteiger partial charge in [-0.05, 0) is 13.0 Å². The van der Waals surface area contributed by atoms with E-state index in [0.717, 1.165) is 16.7 Å². The molecule has 3 nitrogen and oxygen atoms in total. The van der Waals surface area contributed by atoms with Gasteiger partial charge in [0.15, 0.2) is 5.15 Å². The monoisotopic (exact) mass is 215 g/mol. The van der Waals surface area contributed by atoms with Gasteiger partial charge in [0.05, 0.1) is 11.4 Å². The van der Waals surface area contributed by atoms with Gasteiger partial charge in [-0.1, -0.05) is 11.6 Å². The van der Waals surface area contributed by atoms with E-state index in [1.807, 2.05) is 13.0 Å². The number of aryl methyl sites for hydroxylation is 1. The van der Waals surface area contributed by atoms with Crippen LogP contribution in [0.1, 0.15) is 11.5 Å². The summed E-state index contributed by atoms with van der Waals surface area (Å²) in [7, 11) is 0. The van der Waals surface area contributed by atoms with Crippen molar-refractivity contribution < 1.29 is 0 Å². The van der Waals surface area contributed by atoms with E-state index in [-0.39, 0.29) is 5.88 Å². The Hall–Kier alpha value is -0.800. The van der Waals surface area contributed by atoms with Crippen LogP contribution in [0.2, 0.25) is 5.15 Å². The molecule has 68 valence electrons. The lowest BCUT2D eigenvalue weighted by atomic mass is 10.4.